The predicted octanol–water partition coefficient (Wildman–Crippen LogP) is 5.78. The number of halogens is 2. The molecule has 1 saturated carbocycles. The second-order valence-electron chi connectivity index (χ2n) is 6.53. The summed E-state index contributed by atoms with van der Waals surface area (Å²) in [5.74, 6) is 0.782. The average Bonchev–Trinajstić information content (AvgIpc) is 2.58. The molecule has 0 spiro atoms. The summed E-state index contributed by atoms with van der Waals surface area (Å²) in [6, 6.07) is 14.0. The molecule has 0 aliphatic heterocycles. The van der Waals surface area contributed by atoms with Gasteiger partial charge in [0.05, 0.1) is 0 Å². The van der Waals surface area contributed by atoms with E-state index in [-0.39, 0.29) is 11.7 Å². The second-order valence-corrected chi connectivity index (χ2v) is 6.96. The van der Waals surface area contributed by atoms with E-state index in [1.807, 2.05) is 24.3 Å². The minimum Gasteiger partial charge on any atom is -0.326 e. The first-order valence-electron chi connectivity index (χ1n) is 8.41. The van der Waals surface area contributed by atoms with Crippen molar-refractivity contribution < 1.29 is 9.18 Å². The van der Waals surface area contributed by atoms with Gasteiger partial charge in [-0.1, -0.05) is 23.7 Å². The quantitative estimate of drug-likeness (QED) is 0.747. The number of carbonyl (C=O) groups excluding carboxylic acids is 1. The van der Waals surface area contributed by atoms with Crippen LogP contribution >= 0.6 is 11.6 Å². The Morgan fingerprint density at radius 2 is 1.62 bits per heavy atom. The predicted molar refractivity (Wildman–Crippen MR) is 95.8 cm³/mol. The Balaban J connectivity index is 1.47. The van der Waals surface area contributed by atoms with Crippen LogP contribution in [0.1, 0.15) is 43.6 Å². The molecule has 0 radical (unpaired) electrons. The van der Waals surface area contributed by atoms with Crippen molar-refractivity contribution in [3.63, 3.8) is 0 Å². The van der Waals surface area contributed by atoms with Crippen LogP contribution in [0.3, 0.4) is 0 Å². The SMILES string of the molecule is O=C(C[C@H]1CC[C@H](c2ccc(F)cc2)CC1)Nc1ccc(Cl)cc1. The van der Waals surface area contributed by atoms with Crippen molar-refractivity contribution in [3.05, 3.63) is 64.9 Å². The van der Waals surface area contributed by atoms with Crippen molar-refractivity contribution in [2.24, 2.45) is 5.92 Å². The molecule has 3 rings (SSSR count). The molecular formula is C20H21ClFNO. The van der Waals surface area contributed by atoms with Crippen molar-refractivity contribution in [2.75, 3.05) is 5.32 Å². The van der Waals surface area contributed by atoms with Gasteiger partial charge in [0.15, 0.2) is 0 Å². The Bertz CT molecular complexity index is 676. The lowest BCUT2D eigenvalue weighted by molar-refractivity contribution is -0.117. The molecule has 1 amide bonds. The molecule has 126 valence electrons. The summed E-state index contributed by atoms with van der Waals surface area (Å²) < 4.78 is 13.0. The van der Waals surface area contributed by atoms with Gasteiger partial charge in [-0.25, -0.2) is 4.39 Å². The Morgan fingerprint density at radius 1 is 1.00 bits per heavy atom. The van der Waals surface area contributed by atoms with Gasteiger partial charge in [0.25, 0.3) is 0 Å². The molecule has 4 heteroatoms. The lowest BCUT2D eigenvalue weighted by atomic mass is 9.77. The van der Waals surface area contributed by atoms with E-state index in [9.17, 15) is 9.18 Å². The normalized spacial score (nSPS) is 20.6. The molecule has 1 N–H and O–H groups in total. The third-order valence-corrected chi connectivity index (χ3v) is 5.04. The number of rotatable bonds is 4. The number of hydrogen-bond acceptors (Lipinski definition) is 1. The molecule has 2 nitrogen and oxygen atoms in total. The average molecular weight is 346 g/mol. The fourth-order valence-corrected chi connectivity index (χ4v) is 3.57. The highest BCUT2D eigenvalue weighted by molar-refractivity contribution is 6.30. The van der Waals surface area contributed by atoms with Crippen molar-refractivity contribution in [1.29, 1.82) is 0 Å². The van der Waals surface area contributed by atoms with E-state index in [4.69, 9.17) is 11.6 Å². The monoisotopic (exact) mass is 345 g/mol. The Labute approximate surface area is 147 Å². The molecule has 1 aliphatic carbocycles. The van der Waals surface area contributed by atoms with Gasteiger partial charge in [0, 0.05) is 17.1 Å². The number of hydrogen-bond donors (Lipinski definition) is 1. The molecule has 2 aromatic rings. The summed E-state index contributed by atoms with van der Waals surface area (Å²) >= 11 is 5.84. The Hall–Kier alpha value is -1.87. The van der Waals surface area contributed by atoms with Gasteiger partial charge in [-0.2, -0.15) is 0 Å². The van der Waals surface area contributed by atoms with Crippen LogP contribution in [0.15, 0.2) is 48.5 Å². The first-order chi connectivity index (χ1) is 11.6. The fraction of sp³-hybridized carbons (Fsp3) is 0.350. The number of amides is 1. The largest absolute Gasteiger partial charge is 0.326 e. The minimum atomic E-state index is -0.189. The molecule has 2 aromatic carbocycles. The zero-order chi connectivity index (χ0) is 16.9. The van der Waals surface area contributed by atoms with E-state index in [0.717, 1.165) is 31.4 Å². The molecule has 24 heavy (non-hydrogen) atoms. The van der Waals surface area contributed by atoms with E-state index in [2.05, 4.69) is 5.32 Å². The smallest absolute Gasteiger partial charge is 0.224 e. The van der Waals surface area contributed by atoms with E-state index >= 15 is 0 Å². The van der Waals surface area contributed by atoms with E-state index in [1.54, 1.807) is 12.1 Å². The van der Waals surface area contributed by atoms with Crippen molar-refractivity contribution in [2.45, 2.75) is 38.0 Å². The second kappa shape index (κ2) is 7.80. The standard InChI is InChI=1S/C20H21ClFNO/c21-17-7-11-19(12-8-17)23-20(24)13-14-1-3-15(4-2-14)16-5-9-18(22)10-6-16/h5-12,14-15H,1-4,13H2,(H,23,24)/t14-,15-. The van der Waals surface area contributed by atoms with E-state index in [0.29, 0.717) is 23.3 Å². The van der Waals surface area contributed by atoms with Crippen LogP contribution in [0.4, 0.5) is 10.1 Å². The van der Waals surface area contributed by atoms with Gasteiger partial charge in [0.1, 0.15) is 5.82 Å². The molecule has 0 aromatic heterocycles. The van der Waals surface area contributed by atoms with Crippen LogP contribution in [0.5, 0.6) is 0 Å². The number of benzene rings is 2. The minimum absolute atomic E-state index is 0.0579. The first-order valence-corrected chi connectivity index (χ1v) is 8.79. The lowest BCUT2D eigenvalue weighted by Crippen LogP contribution is -2.20. The summed E-state index contributed by atoms with van der Waals surface area (Å²) in [4.78, 5) is 12.2. The topological polar surface area (TPSA) is 29.1 Å². The molecule has 1 fully saturated rings. The van der Waals surface area contributed by atoms with E-state index in [1.165, 1.54) is 17.7 Å². The van der Waals surface area contributed by atoms with Gasteiger partial charge < -0.3 is 5.32 Å². The summed E-state index contributed by atoms with van der Waals surface area (Å²) in [6.45, 7) is 0. The molecule has 0 unspecified atom stereocenters. The molecule has 0 atom stereocenters. The maximum Gasteiger partial charge on any atom is 0.224 e. The zero-order valence-electron chi connectivity index (χ0n) is 13.5. The number of anilines is 1. The maximum absolute atomic E-state index is 13.0. The molecule has 0 heterocycles. The van der Waals surface area contributed by atoms with Crippen LogP contribution in [-0.2, 0) is 4.79 Å². The van der Waals surface area contributed by atoms with Crippen LogP contribution in [-0.4, -0.2) is 5.91 Å². The molecule has 0 saturated heterocycles. The Kier molecular flexibility index (Phi) is 5.52. The van der Waals surface area contributed by atoms with Gasteiger partial charge in [-0.05, 0) is 79.5 Å². The molecule has 0 bridgehead atoms. The van der Waals surface area contributed by atoms with Crippen LogP contribution in [0.25, 0.3) is 0 Å². The molecular weight excluding hydrogens is 325 g/mol. The lowest BCUT2D eigenvalue weighted by Gasteiger charge is -2.28. The highest BCUT2D eigenvalue weighted by Gasteiger charge is 2.24. The summed E-state index contributed by atoms with van der Waals surface area (Å²) in [5.41, 5.74) is 1.99. The zero-order valence-corrected chi connectivity index (χ0v) is 14.2. The number of nitrogens with one attached hydrogen (secondary N) is 1. The first kappa shape index (κ1) is 17.0. The summed E-state index contributed by atoms with van der Waals surface area (Å²) in [7, 11) is 0. The highest BCUT2D eigenvalue weighted by Crippen LogP contribution is 2.37. The maximum atomic E-state index is 13.0. The van der Waals surface area contributed by atoms with Crippen molar-refractivity contribution in [1.82, 2.24) is 0 Å². The Morgan fingerprint density at radius 3 is 2.25 bits per heavy atom. The third kappa shape index (κ3) is 4.57. The summed E-state index contributed by atoms with van der Waals surface area (Å²) in [5, 5.41) is 3.59. The highest BCUT2D eigenvalue weighted by atomic mass is 35.5. The van der Waals surface area contributed by atoms with Crippen LogP contribution in [0.2, 0.25) is 5.02 Å². The molecule has 1 aliphatic rings. The van der Waals surface area contributed by atoms with Gasteiger partial charge in [-0.3, -0.25) is 4.79 Å². The van der Waals surface area contributed by atoms with Gasteiger partial charge >= 0.3 is 0 Å². The summed E-state index contributed by atoms with van der Waals surface area (Å²) in [6.07, 6.45) is 4.75. The van der Waals surface area contributed by atoms with Crippen LogP contribution < -0.4 is 5.32 Å². The third-order valence-electron chi connectivity index (χ3n) is 4.79. The van der Waals surface area contributed by atoms with Crippen LogP contribution in [0, 0.1) is 11.7 Å². The van der Waals surface area contributed by atoms with Crippen molar-refractivity contribution >= 4 is 23.2 Å². The van der Waals surface area contributed by atoms with E-state index < -0.39 is 0 Å². The van der Waals surface area contributed by atoms with Crippen molar-refractivity contribution in [3.8, 4) is 0 Å². The fourth-order valence-electron chi connectivity index (χ4n) is 3.44. The number of carbonyl (C=O) groups is 1. The van der Waals surface area contributed by atoms with Gasteiger partial charge in [0.2, 0.25) is 5.91 Å². The van der Waals surface area contributed by atoms with Gasteiger partial charge in [-0.15, -0.1) is 0 Å².